The van der Waals surface area contributed by atoms with E-state index in [0.29, 0.717) is 5.69 Å². The predicted octanol–water partition coefficient (Wildman–Crippen LogP) is 4.69. The molecule has 3 aromatic carbocycles. The molecule has 1 heterocycles. The van der Waals surface area contributed by atoms with Crippen LogP contribution in [-0.2, 0) is 20.2 Å². The molecular weight excluding hydrogens is 559 g/mol. The van der Waals surface area contributed by atoms with E-state index in [1.165, 1.54) is 0 Å². The number of fused-ring (bicyclic) bond motifs is 1. The maximum Gasteiger partial charge on any atom is 0.296 e. The Balaban J connectivity index is 2.05. The van der Waals surface area contributed by atoms with Crippen LogP contribution in [0.5, 0.6) is 5.75 Å². The van der Waals surface area contributed by atoms with Gasteiger partial charge in [-0.15, -0.1) is 5.11 Å². The summed E-state index contributed by atoms with van der Waals surface area (Å²) < 4.78 is 67.3. The van der Waals surface area contributed by atoms with E-state index in [9.17, 15) is 31.0 Å². The molecule has 0 unspecified atom stereocenters. The lowest BCUT2D eigenvalue weighted by Crippen LogP contribution is -2.05. The van der Waals surface area contributed by atoms with Gasteiger partial charge in [-0.3, -0.25) is 9.11 Å². The zero-order chi connectivity index (χ0) is 26.3. The monoisotopic (exact) mass is 570 g/mol. The van der Waals surface area contributed by atoms with Gasteiger partial charge in [0.2, 0.25) is 16.5 Å². The van der Waals surface area contributed by atoms with Gasteiger partial charge < -0.3 is 10.4 Å². The Labute approximate surface area is 213 Å². The maximum absolute atomic E-state index is 12.1. The average Bonchev–Trinajstić information content (AvgIpc) is 2.76. The summed E-state index contributed by atoms with van der Waals surface area (Å²) in [5.41, 5.74) is -0.579. The Morgan fingerprint density at radius 2 is 1.47 bits per heavy atom. The summed E-state index contributed by atoms with van der Waals surface area (Å²) in [5, 5.41) is 20.3. The molecule has 0 bridgehead atoms. The number of benzene rings is 3. The van der Waals surface area contributed by atoms with Gasteiger partial charge in [-0.2, -0.15) is 36.9 Å². The number of azo groups is 1. The van der Waals surface area contributed by atoms with Gasteiger partial charge in [0, 0.05) is 5.39 Å². The van der Waals surface area contributed by atoms with E-state index >= 15 is 0 Å². The molecule has 4 aromatic rings. The highest BCUT2D eigenvalue weighted by Crippen LogP contribution is 2.45. The standard InChI is InChI=1S/C19H12Cl2N6O7S2/c20-17-23-18(21)25-19(24-17)22-12-8-11(35(29,30)31)6-9-7-13(36(32,33)34)15(16(28)14(9)12)27-26-10-4-2-1-3-5-10/h1-8,28H,(H,29,30,31)(H,32,33,34)(H,22,23,24,25)/b27-26+. The number of rotatable bonds is 6. The molecule has 0 aliphatic carbocycles. The fraction of sp³-hybridized carbons (Fsp3) is 0. The number of anilines is 2. The Kier molecular flexibility index (Phi) is 6.78. The first-order chi connectivity index (χ1) is 16.8. The quantitative estimate of drug-likeness (QED) is 0.185. The van der Waals surface area contributed by atoms with Crippen LogP contribution in [0.3, 0.4) is 0 Å². The van der Waals surface area contributed by atoms with Crippen LogP contribution in [0.2, 0.25) is 10.6 Å². The van der Waals surface area contributed by atoms with Gasteiger partial charge in [-0.1, -0.05) is 18.2 Å². The molecule has 0 spiro atoms. The summed E-state index contributed by atoms with van der Waals surface area (Å²) in [7, 11) is -9.82. The van der Waals surface area contributed by atoms with Gasteiger partial charge in [0.1, 0.15) is 10.6 Å². The molecule has 36 heavy (non-hydrogen) atoms. The van der Waals surface area contributed by atoms with Crippen LogP contribution in [0.15, 0.2) is 68.6 Å². The number of hydrogen-bond acceptors (Lipinski definition) is 11. The Bertz CT molecular complexity index is 1730. The van der Waals surface area contributed by atoms with Crippen molar-refractivity contribution in [3.8, 4) is 5.75 Å². The van der Waals surface area contributed by atoms with E-state index in [4.69, 9.17) is 23.2 Å². The van der Waals surface area contributed by atoms with Crippen molar-refractivity contribution >= 4 is 77.2 Å². The summed E-state index contributed by atoms with van der Waals surface area (Å²) in [6.45, 7) is 0. The van der Waals surface area contributed by atoms with E-state index < -0.39 is 41.5 Å². The lowest BCUT2D eigenvalue weighted by Gasteiger charge is -2.15. The van der Waals surface area contributed by atoms with Crippen molar-refractivity contribution in [2.45, 2.75) is 9.79 Å². The van der Waals surface area contributed by atoms with Crippen LogP contribution in [0.4, 0.5) is 23.0 Å². The second-order valence-corrected chi connectivity index (χ2v) is 10.4. The second-order valence-electron chi connectivity index (χ2n) is 6.95. The Hall–Kier alpha value is -3.47. The van der Waals surface area contributed by atoms with Crippen molar-refractivity contribution in [2.24, 2.45) is 10.2 Å². The van der Waals surface area contributed by atoms with Crippen molar-refractivity contribution in [1.29, 1.82) is 0 Å². The highest BCUT2D eigenvalue weighted by molar-refractivity contribution is 7.86. The molecule has 0 aliphatic rings. The highest BCUT2D eigenvalue weighted by Gasteiger charge is 2.25. The number of nitrogens with zero attached hydrogens (tertiary/aromatic N) is 5. The number of halogens is 2. The van der Waals surface area contributed by atoms with E-state index in [0.717, 1.165) is 18.2 Å². The van der Waals surface area contributed by atoms with Crippen LogP contribution in [-0.4, -0.2) is 46.0 Å². The Morgan fingerprint density at radius 1 is 0.833 bits per heavy atom. The number of nitrogens with one attached hydrogen (secondary N) is 1. The molecule has 1 aromatic heterocycles. The van der Waals surface area contributed by atoms with Crippen molar-refractivity contribution in [3.05, 3.63) is 59.1 Å². The van der Waals surface area contributed by atoms with Crippen LogP contribution < -0.4 is 5.32 Å². The van der Waals surface area contributed by atoms with Gasteiger partial charge in [0.25, 0.3) is 20.2 Å². The molecule has 0 fully saturated rings. The molecule has 0 aliphatic heterocycles. The van der Waals surface area contributed by atoms with Gasteiger partial charge in [-0.05, 0) is 58.9 Å². The minimum absolute atomic E-state index is 0.190. The van der Waals surface area contributed by atoms with E-state index in [1.807, 2.05) is 0 Å². The first-order valence-corrected chi connectivity index (χ1v) is 13.1. The van der Waals surface area contributed by atoms with Crippen molar-refractivity contribution in [3.63, 3.8) is 0 Å². The third-order valence-corrected chi connectivity index (χ3v) is 6.58. The first kappa shape index (κ1) is 25.6. The minimum Gasteiger partial charge on any atom is -0.505 e. The summed E-state index contributed by atoms with van der Waals surface area (Å²) >= 11 is 11.5. The van der Waals surface area contributed by atoms with Crippen LogP contribution >= 0.6 is 23.2 Å². The molecule has 186 valence electrons. The summed E-state index contributed by atoms with van der Waals surface area (Å²) in [5.74, 6) is -1.09. The van der Waals surface area contributed by atoms with Crippen molar-refractivity contribution in [1.82, 2.24) is 15.0 Å². The minimum atomic E-state index is -5.00. The van der Waals surface area contributed by atoms with Gasteiger partial charge in [0.05, 0.1) is 16.3 Å². The highest BCUT2D eigenvalue weighted by atomic mass is 35.5. The molecule has 4 N–H and O–H groups in total. The molecule has 0 radical (unpaired) electrons. The number of aromatic nitrogens is 3. The topological polar surface area (TPSA) is 204 Å². The molecule has 0 saturated heterocycles. The zero-order valence-electron chi connectivity index (χ0n) is 17.4. The zero-order valence-corrected chi connectivity index (χ0v) is 20.5. The van der Waals surface area contributed by atoms with E-state index in [1.54, 1.807) is 30.3 Å². The fourth-order valence-corrected chi connectivity index (χ4v) is 4.67. The third kappa shape index (κ3) is 5.51. The van der Waals surface area contributed by atoms with E-state index in [2.05, 4.69) is 30.5 Å². The second kappa shape index (κ2) is 9.53. The normalized spacial score (nSPS) is 12.3. The molecule has 0 saturated carbocycles. The van der Waals surface area contributed by atoms with Crippen molar-refractivity contribution in [2.75, 3.05) is 5.32 Å². The Morgan fingerprint density at radius 3 is 2.06 bits per heavy atom. The van der Waals surface area contributed by atoms with Gasteiger partial charge in [0.15, 0.2) is 5.75 Å². The molecule has 0 amide bonds. The lowest BCUT2D eigenvalue weighted by molar-refractivity contribution is 0.472. The molecule has 13 nitrogen and oxygen atoms in total. The number of phenols is 1. The van der Waals surface area contributed by atoms with Crippen LogP contribution in [0.1, 0.15) is 0 Å². The molecular formula is C19H12Cl2N6O7S2. The van der Waals surface area contributed by atoms with Crippen LogP contribution in [0.25, 0.3) is 10.8 Å². The third-order valence-electron chi connectivity index (χ3n) is 4.55. The number of aromatic hydroxyl groups is 1. The number of hydrogen-bond donors (Lipinski definition) is 4. The average molecular weight is 571 g/mol. The maximum atomic E-state index is 12.1. The smallest absolute Gasteiger partial charge is 0.296 e. The largest absolute Gasteiger partial charge is 0.505 e. The predicted molar refractivity (Wildman–Crippen MR) is 129 cm³/mol. The first-order valence-electron chi connectivity index (χ1n) is 9.42. The molecule has 4 rings (SSSR count). The summed E-state index contributed by atoms with van der Waals surface area (Å²) in [6, 6.07) is 10.7. The lowest BCUT2D eigenvalue weighted by atomic mass is 10.1. The van der Waals surface area contributed by atoms with Gasteiger partial charge in [-0.25, -0.2) is 0 Å². The van der Waals surface area contributed by atoms with Gasteiger partial charge >= 0.3 is 0 Å². The van der Waals surface area contributed by atoms with Crippen LogP contribution in [0, 0.1) is 0 Å². The summed E-state index contributed by atoms with van der Waals surface area (Å²) in [4.78, 5) is 9.59. The van der Waals surface area contributed by atoms with E-state index in [-0.39, 0.29) is 33.0 Å². The molecule has 0 atom stereocenters. The van der Waals surface area contributed by atoms with Crippen molar-refractivity contribution < 1.29 is 31.0 Å². The SMILES string of the molecule is O=S(=O)(O)c1cc(Nc2nc(Cl)nc(Cl)n2)c2c(O)c(/N=N/c3ccccc3)c(S(=O)(=O)O)cc2c1. The summed E-state index contributed by atoms with van der Waals surface area (Å²) in [6.07, 6.45) is 0. The molecule has 17 heteroatoms. The number of phenolic OH excluding ortho intramolecular Hbond substituents is 1. The fourth-order valence-electron chi connectivity index (χ4n) is 3.11.